The lowest BCUT2D eigenvalue weighted by Crippen LogP contribution is -2.16. The number of carbonyl (C=O) groups is 1. The number of aldehydes is 1. The molecule has 6 aromatic rings. The first-order valence-corrected chi connectivity index (χ1v) is 13.2. The Bertz CT molecular complexity index is 1760. The highest BCUT2D eigenvalue weighted by Crippen LogP contribution is 2.31. The molecule has 6 rings (SSSR count). The van der Waals surface area contributed by atoms with Crippen LogP contribution in [0, 0.1) is 0 Å². The Balaban J connectivity index is 1.28. The molecule has 3 N–H and O–H groups in total. The number of fused-ring (bicyclic) bond motifs is 1. The summed E-state index contributed by atoms with van der Waals surface area (Å²) in [6, 6.07) is 34.0. The van der Waals surface area contributed by atoms with Gasteiger partial charge in [0.2, 0.25) is 0 Å². The van der Waals surface area contributed by atoms with Crippen molar-refractivity contribution in [3.05, 3.63) is 126 Å². The SMILES string of the molecule is Nc1ncccc1-c1nc2ccc(-c3ccccc3)nc2n1-c1ccc(CNCCc2ccc(C=O)cc2)cc1. The molecule has 0 fully saturated rings. The van der Waals surface area contributed by atoms with Gasteiger partial charge in [-0.05, 0) is 60.5 Å². The van der Waals surface area contributed by atoms with Gasteiger partial charge in [0.15, 0.2) is 11.5 Å². The number of anilines is 1. The Morgan fingerprint density at radius 1 is 0.800 bits per heavy atom. The number of hydrogen-bond donors (Lipinski definition) is 2. The van der Waals surface area contributed by atoms with E-state index in [0.29, 0.717) is 17.2 Å². The zero-order chi connectivity index (χ0) is 27.3. The summed E-state index contributed by atoms with van der Waals surface area (Å²) >= 11 is 0. The number of nitrogen functional groups attached to an aromatic ring is 1. The topological polar surface area (TPSA) is 98.7 Å². The molecular weight excluding hydrogens is 496 g/mol. The standard InChI is InChI=1S/C33H28N6O/c34-31-28(7-4-19-36-31)32-38-30-17-16-29(26-5-2-1-3-6-26)37-33(30)39(32)27-14-12-24(13-15-27)21-35-20-18-23-8-10-25(22-40)11-9-23/h1-17,19,22,35H,18,20-21H2,(H2,34,36). The third-order valence-corrected chi connectivity index (χ3v) is 6.88. The summed E-state index contributed by atoms with van der Waals surface area (Å²) in [6.07, 6.45) is 3.44. The Hall–Kier alpha value is -5.14. The first kappa shape index (κ1) is 25.2. The number of rotatable bonds is 9. The van der Waals surface area contributed by atoms with Gasteiger partial charge in [-0.25, -0.2) is 15.0 Å². The molecule has 0 atom stereocenters. The van der Waals surface area contributed by atoms with E-state index in [1.54, 1.807) is 6.20 Å². The quantitative estimate of drug-likeness (QED) is 0.181. The molecule has 0 unspecified atom stereocenters. The molecule has 3 aromatic heterocycles. The van der Waals surface area contributed by atoms with E-state index in [4.69, 9.17) is 15.7 Å². The lowest BCUT2D eigenvalue weighted by molar-refractivity contribution is 0.112. The predicted octanol–water partition coefficient (Wildman–Crippen LogP) is 5.88. The highest BCUT2D eigenvalue weighted by Gasteiger charge is 2.18. The molecule has 0 bridgehead atoms. The number of nitrogens with zero attached hydrogens (tertiary/aromatic N) is 4. The molecular formula is C33H28N6O. The Morgan fingerprint density at radius 2 is 1.57 bits per heavy atom. The average Bonchev–Trinajstić information content (AvgIpc) is 3.39. The van der Waals surface area contributed by atoms with Gasteiger partial charge in [-0.15, -0.1) is 0 Å². The summed E-state index contributed by atoms with van der Waals surface area (Å²) < 4.78 is 2.05. The van der Waals surface area contributed by atoms with Crippen molar-refractivity contribution in [2.45, 2.75) is 13.0 Å². The third-order valence-electron chi connectivity index (χ3n) is 6.88. The smallest absolute Gasteiger partial charge is 0.165 e. The highest BCUT2D eigenvalue weighted by molar-refractivity contribution is 5.84. The maximum absolute atomic E-state index is 10.8. The fourth-order valence-corrected chi connectivity index (χ4v) is 4.75. The average molecular weight is 525 g/mol. The van der Waals surface area contributed by atoms with Crippen molar-refractivity contribution in [1.29, 1.82) is 0 Å². The number of aromatic nitrogens is 4. The highest BCUT2D eigenvalue weighted by atomic mass is 16.1. The summed E-state index contributed by atoms with van der Waals surface area (Å²) in [5.41, 5.74) is 14.5. The molecule has 3 heterocycles. The number of nitrogens with one attached hydrogen (secondary N) is 1. The number of benzene rings is 3. The van der Waals surface area contributed by atoms with E-state index in [1.807, 2.05) is 66.7 Å². The van der Waals surface area contributed by atoms with Crippen molar-refractivity contribution in [3.8, 4) is 28.3 Å². The van der Waals surface area contributed by atoms with Gasteiger partial charge in [0.05, 0.1) is 11.3 Å². The maximum Gasteiger partial charge on any atom is 0.165 e. The van der Waals surface area contributed by atoms with Gasteiger partial charge in [0.1, 0.15) is 17.6 Å². The minimum Gasteiger partial charge on any atom is -0.383 e. The van der Waals surface area contributed by atoms with Crippen LogP contribution in [0.4, 0.5) is 5.82 Å². The van der Waals surface area contributed by atoms with Crippen LogP contribution in [0.15, 0.2) is 109 Å². The van der Waals surface area contributed by atoms with Gasteiger partial charge < -0.3 is 11.1 Å². The number of imidazole rings is 1. The van der Waals surface area contributed by atoms with E-state index in [1.165, 1.54) is 11.1 Å². The van der Waals surface area contributed by atoms with Crippen molar-refractivity contribution in [2.24, 2.45) is 0 Å². The van der Waals surface area contributed by atoms with Crippen LogP contribution in [0.3, 0.4) is 0 Å². The van der Waals surface area contributed by atoms with Crippen LogP contribution in [-0.2, 0) is 13.0 Å². The molecule has 7 nitrogen and oxygen atoms in total. The van der Waals surface area contributed by atoms with Crippen LogP contribution in [0.5, 0.6) is 0 Å². The number of pyridine rings is 2. The van der Waals surface area contributed by atoms with Crippen LogP contribution < -0.4 is 11.1 Å². The first-order chi connectivity index (χ1) is 19.7. The van der Waals surface area contributed by atoms with Gasteiger partial charge >= 0.3 is 0 Å². The summed E-state index contributed by atoms with van der Waals surface area (Å²) in [5, 5.41) is 3.51. The molecule has 0 saturated heterocycles. The Morgan fingerprint density at radius 3 is 2.33 bits per heavy atom. The van der Waals surface area contributed by atoms with Crippen LogP contribution in [0.25, 0.3) is 39.5 Å². The minimum atomic E-state index is 0.420. The molecule has 0 aliphatic heterocycles. The van der Waals surface area contributed by atoms with E-state index in [0.717, 1.165) is 59.5 Å². The first-order valence-electron chi connectivity index (χ1n) is 13.2. The normalized spacial score (nSPS) is 11.1. The lowest BCUT2D eigenvalue weighted by Gasteiger charge is -2.12. The lowest BCUT2D eigenvalue weighted by atomic mass is 10.1. The minimum absolute atomic E-state index is 0.420. The van der Waals surface area contributed by atoms with Gasteiger partial charge in [0.25, 0.3) is 0 Å². The Labute approximate surface area is 232 Å². The third kappa shape index (κ3) is 5.23. The summed E-state index contributed by atoms with van der Waals surface area (Å²) in [5.74, 6) is 1.12. The van der Waals surface area contributed by atoms with Crippen LogP contribution >= 0.6 is 0 Å². The molecule has 3 aromatic carbocycles. The fourth-order valence-electron chi connectivity index (χ4n) is 4.75. The molecule has 7 heteroatoms. The number of hydrogen-bond acceptors (Lipinski definition) is 6. The molecule has 0 aliphatic carbocycles. The van der Waals surface area contributed by atoms with E-state index in [9.17, 15) is 4.79 Å². The van der Waals surface area contributed by atoms with E-state index < -0.39 is 0 Å². The Kier molecular flexibility index (Phi) is 7.11. The summed E-state index contributed by atoms with van der Waals surface area (Å²) in [6.45, 7) is 1.58. The number of nitrogens with two attached hydrogens (primary N) is 1. The van der Waals surface area contributed by atoms with Crippen LogP contribution in [0.1, 0.15) is 21.5 Å². The molecule has 40 heavy (non-hydrogen) atoms. The van der Waals surface area contributed by atoms with E-state index in [-0.39, 0.29) is 0 Å². The second-order valence-corrected chi connectivity index (χ2v) is 9.56. The zero-order valence-electron chi connectivity index (χ0n) is 21.9. The molecule has 0 spiro atoms. The van der Waals surface area contributed by atoms with Crippen molar-refractivity contribution in [3.63, 3.8) is 0 Å². The van der Waals surface area contributed by atoms with Crippen molar-refractivity contribution in [2.75, 3.05) is 12.3 Å². The van der Waals surface area contributed by atoms with E-state index >= 15 is 0 Å². The zero-order valence-corrected chi connectivity index (χ0v) is 21.9. The fraction of sp³-hybridized carbons (Fsp3) is 0.0909. The molecule has 0 aliphatic rings. The van der Waals surface area contributed by atoms with Crippen LogP contribution in [0.2, 0.25) is 0 Å². The van der Waals surface area contributed by atoms with Crippen molar-refractivity contribution >= 4 is 23.3 Å². The molecule has 0 amide bonds. The van der Waals surface area contributed by atoms with Gasteiger partial charge in [-0.2, -0.15) is 0 Å². The second-order valence-electron chi connectivity index (χ2n) is 9.56. The molecule has 196 valence electrons. The molecule has 0 saturated carbocycles. The van der Waals surface area contributed by atoms with Crippen molar-refractivity contribution in [1.82, 2.24) is 24.8 Å². The second kappa shape index (κ2) is 11.3. The number of carbonyl (C=O) groups excluding carboxylic acids is 1. The van der Waals surface area contributed by atoms with E-state index in [2.05, 4.69) is 51.3 Å². The summed E-state index contributed by atoms with van der Waals surface area (Å²) in [4.78, 5) is 25.1. The predicted molar refractivity (Wildman–Crippen MR) is 159 cm³/mol. The maximum atomic E-state index is 10.8. The van der Waals surface area contributed by atoms with Gasteiger partial charge in [-0.1, -0.05) is 66.7 Å². The van der Waals surface area contributed by atoms with Crippen LogP contribution in [-0.4, -0.2) is 32.3 Å². The largest absolute Gasteiger partial charge is 0.383 e. The van der Waals surface area contributed by atoms with Gasteiger partial charge in [-0.3, -0.25) is 9.36 Å². The van der Waals surface area contributed by atoms with Crippen molar-refractivity contribution < 1.29 is 4.79 Å². The van der Waals surface area contributed by atoms with Gasteiger partial charge in [0, 0.05) is 29.6 Å². The molecule has 0 radical (unpaired) electrons. The monoisotopic (exact) mass is 524 g/mol. The summed E-state index contributed by atoms with van der Waals surface area (Å²) in [7, 11) is 0.